The fourth-order valence-corrected chi connectivity index (χ4v) is 3.50. The molecule has 0 radical (unpaired) electrons. The number of rotatable bonds is 6. The van der Waals surface area contributed by atoms with Gasteiger partial charge in [-0.2, -0.15) is 0 Å². The molecule has 0 bridgehead atoms. The molecular formula is C16H24Cl2N2O2. The largest absolute Gasteiger partial charge is 0.392 e. The molecule has 0 aliphatic carbocycles. The molecule has 2 rings (SSSR count). The second-order valence-corrected chi connectivity index (χ2v) is 6.56. The van der Waals surface area contributed by atoms with E-state index >= 15 is 0 Å². The second kappa shape index (κ2) is 8.48. The molecule has 0 spiro atoms. The lowest BCUT2D eigenvalue weighted by molar-refractivity contribution is -0.0571. The second-order valence-electron chi connectivity index (χ2n) is 5.74. The average Bonchev–Trinajstić information content (AvgIpc) is 2.54. The van der Waals surface area contributed by atoms with Crippen LogP contribution in [0.15, 0.2) is 18.2 Å². The summed E-state index contributed by atoms with van der Waals surface area (Å²) < 4.78 is 5.49. The van der Waals surface area contributed by atoms with Crippen LogP contribution in [0, 0.1) is 5.92 Å². The predicted octanol–water partition coefficient (Wildman–Crippen LogP) is 2.63. The summed E-state index contributed by atoms with van der Waals surface area (Å²) in [4.78, 5) is 0. The summed E-state index contributed by atoms with van der Waals surface area (Å²) in [5.74, 6) is -0.0196. The highest BCUT2D eigenvalue weighted by atomic mass is 35.5. The minimum absolute atomic E-state index is 0.0477. The molecular weight excluding hydrogens is 323 g/mol. The van der Waals surface area contributed by atoms with Gasteiger partial charge >= 0.3 is 0 Å². The number of aliphatic hydroxyl groups is 1. The number of halogens is 2. The number of nitrogens with one attached hydrogen (secondary N) is 2. The summed E-state index contributed by atoms with van der Waals surface area (Å²) in [6.45, 7) is 1.58. The molecule has 1 aliphatic rings. The maximum Gasteiger partial charge on any atom is 0.113 e. The molecule has 4 nitrogen and oxygen atoms in total. The smallest absolute Gasteiger partial charge is 0.113 e. The average molecular weight is 347 g/mol. The van der Waals surface area contributed by atoms with Crippen LogP contribution >= 0.6 is 23.2 Å². The molecule has 6 heteroatoms. The fraction of sp³-hybridized carbons (Fsp3) is 0.625. The Labute approximate surface area is 142 Å². The number of likely N-dealkylation sites (N-methyl/N-ethyl adjacent to an activating group) is 1. The quantitative estimate of drug-likeness (QED) is 0.741. The van der Waals surface area contributed by atoms with E-state index in [1.807, 2.05) is 19.2 Å². The molecule has 1 aromatic rings. The first kappa shape index (κ1) is 18.0. The molecule has 0 saturated carbocycles. The minimum atomic E-state index is -0.526. The van der Waals surface area contributed by atoms with E-state index in [1.54, 1.807) is 13.2 Å². The van der Waals surface area contributed by atoms with Crippen molar-refractivity contribution in [2.45, 2.75) is 31.1 Å². The Morgan fingerprint density at radius 2 is 2.18 bits per heavy atom. The Morgan fingerprint density at radius 3 is 2.82 bits per heavy atom. The third-order valence-corrected chi connectivity index (χ3v) is 5.09. The first-order valence-electron chi connectivity index (χ1n) is 7.62. The van der Waals surface area contributed by atoms with E-state index in [4.69, 9.17) is 27.9 Å². The molecule has 1 heterocycles. The molecule has 1 aliphatic heterocycles. The summed E-state index contributed by atoms with van der Waals surface area (Å²) in [7, 11) is 3.55. The highest BCUT2D eigenvalue weighted by Gasteiger charge is 2.35. The topological polar surface area (TPSA) is 53.5 Å². The number of aliphatic hydroxyl groups excluding tert-OH is 1. The molecule has 1 saturated heterocycles. The molecule has 3 N–H and O–H groups in total. The molecule has 1 fully saturated rings. The van der Waals surface area contributed by atoms with Gasteiger partial charge in [0.25, 0.3) is 0 Å². The Bertz CT molecular complexity index is 487. The number of hydrogen-bond donors (Lipinski definition) is 3. The Balaban J connectivity index is 2.23. The van der Waals surface area contributed by atoms with Crippen molar-refractivity contribution in [1.29, 1.82) is 0 Å². The van der Waals surface area contributed by atoms with Crippen molar-refractivity contribution in [2.24, 2.45) is 5.92 Å². The Morgan fingerprint density at radius 1 is 1.41 bits per heavy atom. The van der Waals surface area contributed by atoms with Gasteiger partial charge in [0.1, 0.15) is 6.23 Å². The van der Waals surface area contributed by atoms with Crippen molar-refractivity contribution in [2.75, 3.05) is 27.2 Å². The SMILES string of the molecule is CNCC(c1ccc(Cl)c(Cl)c1)[C@@H](O)C1CCCNC1OC. The molecule has 124 valence electrons. The van der Waals surface area contributed by atoms with E-state index in [0.717, 1.165) is 24.9 Å². The lowest BCUT2D eigenvalue weighted by Gasteiger charge is -2.38. The van der Waals surface area contributed by atoms with Gasteiger partial charge in [0.05, 0.1) is 16.1 Å². The third kappa shape index (κ3) is 4.13. The Kier molecular flexibility index (Phi) is 6.93. The van der Waals surface area contributed by atoms with Crippen molar-refractivity contribution in [3.8, 4) is 0 Å². The van der Waals surface area contributed by atoms with Crippen molar-refractivity contribution in [1.82, 2.24) is 10.6 Å². The van der Waals surface area contributed by atoms with Gasteiger partial charge in [0.2, 0.25) is 0 Å². The normalized spacial score (nSPS) is 25.0. The zero-order chi connectivity index (χ0) is 16.1. The summed E-state index contributed by atoms with van der Waals surface area (Å²) in [5, 5.41) is 18.5. The van der Waals surface area contributed by atoms with Crippen LogP contribution in [0.2, 0.25) is 10.0 Å². The van der Waals surface area contributed by atoms with E-state index < -0.39 is 6.10 Å². The van der Waals surface area contributed by atoms with Gasteiger partial charge in [0, 0.05) is 25.5 Å². The number of ether oxygens (including phenoxy) is 1. The van der Waals surface area contributed by atoms with E-state index in [0.29, 0.717) is 16.6 Å². The van der Waals surface area contributed by atoms with Gasteiger partial charge in [-0.3, -0.25) is 5.32 Å². The van der Waals surface area contributed by atoms with Crippen molar-refractivity contribution >= 4 is 23.2 Å². The molecule has 0 aromatic heterocycles. The van der Waals surface area contributed by atoms with Gasteiger partial charge in [-0.05, 0) is 44.1 Å². The summed E-state index contributed by atoms with van der Waals surface area (Å²) in [5.41, 5.74) is 0.983. The van der Waals surface area contributed by atoms with Crippen LogP contribution in [0.4, 0.5) is 0 Å². The van der Waals surface area contributed by atoms with E-state index in [9.17, 15) is 5.11 Å². The van der Waals surface area contributed by atoms with Crippen LogP contribution in [0.3, 0.4) is 0 Å². The summed E-state index contributed by atoms with van der Waals surface area (Å²) in [6, 6.07) is 5.55. The van der Waals surface area contributed by atoms with Crippen LogP contribution in [-0.2, 0) is 4.74 Å². The first-order valence-corrected chi connectivity index (χ1v) is 8.38. The van der Waals surface area contributed by atoms with Crippen LogP contribution in [-0.4, -0.2) is 44.7 Å². The maximum atomic E-state index is 10.9. The van der Waals surface area contributed by atoms with Crippen LogP contribution in [0.5, 0.6) is 0 Å². The lowest BCUT2D eigenvalue weighted by Crippen LogP contribution is -2.49. The maximum absolute atomic E-state index is 10.9. The number of hydrogen-bond acceptors (Lipinski definition) is 4. The van der Waals surface area contributed by atoms with Gasteiger partial charge in [0.15, 0.2) is 0 Å². The Hall–Kier alpha value is -0.360. The monoisotopic (exact) mass is 346 g/mol. The predicted molar refractivity (Wildman–Crippen MR) is 90.7 cm³/mol. The standard InChI is InChI=1S/C16H24Cl2N2O2/c1-19-9-12(10-5-6-13(17)14(18)8-10)15(21)11-4-3-7-20-16(11)22-2/h5-6,8,11-12,15-16,19-21H,3-4,7,9H2,1-2H3/t11?,12?,15-,16?/m0/s1. The van der Waals surface area contributed by atoms with Gasteiger partial charge in [-0.1, -0.05) is 29.3 Å². The number of methoxy groups -OCH3 is 1. The highest BCUT2D eigenvalue weighted by molar-refractivity contribution is 6.42. The van der Waals surface area contributed by atoms with E-state index in [1.165, 1.54) is 0 Å². The van der Waals surface area contributed by atoms with Crippen molar-refractivity contribution in [3.63, 3.8) is 0 Å². The van der Waals surface area contributed by atoms with E-state index in [-0.39, 0.29) is 18.1 Å². The van der Waals surface area contributed by atoms with Crippen molar-refractivity contribution < 1.29 is 9.84 Å². The van der Waals surface area contributed by atoms with Crippen LogP contribution in [0.1, 0.15) is 24.3 Å². The summed E-state index contributed by atoms with van der Waals surface area (Å²) in [6.07, 6.45) is 1.33. The van der Waals surface area contributed by atoms with E-state index in [2.05, 4.69) is 10.6 Å². The zero-order valence-corrected chi connectivity index (χ0v) is 14.5. The zero-order valence-electron chi connectivity index (χ0n) is 13.0. The summed E-state index contributed by atoms with van der Waals surface area (Å²) >= 11 is 12.1. The van der Waals surface area contributed by atoms with Crippen LogP contribution < -0.4 is 10.6 Å². The van der Waals surface area contributed by atoms with Gasteiger partial charge in [-0.15, -0.1) is 0 Å². The molecule has 4 atom stereocenters. The minimum Gasteiger partial charge on any atom is -0.392 e. The van der Waals surface area contributed by atoms with Crippen LogP contribution in [0.25, 0.3) is 0 Å². The molecule has 1 aromatic carbocycles. The fourth-order valence-electron chi connectivity index (χ4n) is 3.19. The molecule has 22 heavy (non-hydrogen) atoms. The highest BCUT2D eigenvalue weighted by Crippen LogP contribution is 2.33. The molecule has 3 unspecified atom stereocenters. The van der Waals surface area contributed by atoms with Gasteiger partial charge in [-0.25, -0.2) is 0 Å². The number of piperidine rings is 1. The van der Waals surface area contributed by atoms with Gasteiger partial charge < -0.3 is 15.2 Å². The third-order valence-electron chi connectivity index (χ3n) is 4.35. The first-order chi connectivity index (χ1) is 10.6. The number of benzene rings is 1. The molecule has 0 amide bonds. The lowest BCUT2D eigenvalue weighted by atomic mass is 9.81. The van der Waals surface area contributed by atoms with Crippen molar-refractivity contribution in [3.05, 3.63) is 33.8 Å².